The molecule has 2 N–H and O–H groups in total. The molecule has 0 aromatic carbocycles. The summed E-state index contributed by atoms with van der Waals surface area (Å²) in [6, 6.07) is 0. The first-order valence-corrected chi connectivity index (χ1v) is 7.29. The second-order valence-corrected chi connectivity index (χ2v) is 6.36. The van der Waals surface area contributed by atoms with Gasteiger partial charge in [-0.25, -0.2) is 0 Å². The van der Waals surface area contributed by atoms with Gasteiger partial charge >= 0.3 is 0 Å². The Kier molecular flexibility index (Phi) is 3.81. The molecule has 1 saturated carbocycles. The molecule has 102 valence electrons. The summed E-state index contributed by atoms with van der Waals surface area (Å²) in [5.41, 5.74) is 7.88. The molecule has 0 saturated heterocycles. The zero-order chi connectivity index (χ0) is 13.3. The highest BCUT2D eigenvalue weighted by molar-refractivity contribution is 5.21. The highest BCUT2D eigenvalue weighted by Gasteiger charge is 2.43. The van der Waals surface area contributed by atoms with Crippen molar-refractivity contribution < 1.29 is 0 Å². The van der Waals surface area contributed by atoms with E-state index in [9.17, 15) is 0 Å². The van der Waals surface area contributed by atoms with Gasteiger partial charge in [0.1, 0.15) is 0 Å². The number of aromatic nitrogens is 2. The molecule has 3 atom stereocenters. The Morgan fingerprint density at radius 2 is 2.22 bits per heavy atom. The first kappa shape index (κ1) is 13.6. The number of hydrogen-bond acceptors (Lipinski definition) is 2. The van der Waals surface area contributed by atoms with Crippen molar-refractivity contribution in [3.05, 3.63) is 18.0 Å². The van der Waals surface area contributed by atoms with Gasteiger partial charge in [-0.3, -0.25) is 4.68 Å². The molecule has 1 aromatic heterocycles. The lowest BCUT2D eigenvalue weighted by molar-refractivity contribution is 0.108. The van der Waals surface area contributed by atoms with E-state index in [2.05, 4.69) is 39.0 Å². The van der Waals surface area contributed by atoms with Crippen molar-refractivity contribution in [3.8, 4) is 0 Å². The summed E-state index contributed by atoms with van der Waals surface area (Å²) in [7, 11) is 0. The molecule has 1 aromatic rings. The molecule has 0 spiro atoms. The Hall–Kier alpha value is -0.830. The van der Waals surface area contributed by atoms with Crippen LogP contribution in [0.3, 0.4) is 0 Å². The fraction of sp³-hybridized carbons (Fsp3) is 0.800. The SMILES string of the molecule is CCn1cc(C2(N)CC(C)CCC2C(C)C)cn1. The molecule has 0 amide bonds. The summed E-state index contributed by atoms with van der Waals surface area (Å²) >= 11 is 0. The van der Waals surface area contributed by atoms with E-state index in [1.165, 1.54) is 18.4 Å². The van der Waals surface area contributed by atoms with E-state index in [1.54, 1.807) is 0 Å². The van der Waals surface area contributed by atoms with E-state index in [1.807, 2.05) is 10.9 Å². The highest BCUT2D eigenvalue weighted by Crippen LogP contribution is 2.45. The topological polar surface area (TPSA) is 43.8 Å². The minimum Gasteiger partial charge on any atom is -0.321 e. The minimum absolute atomic E-state index is 0.181. The maximum absolute atomic E-state index is 6.83. The lowest BCUT2D eigenvalue weighted by Crippen LogP contribution is -2.50. The molecule has 3 unspecified atom stereocenters. The normalized spacial score (nSPS) is 33.0. The largest absolute Gasteiger partial charge is 0.321 e. The molecule has 1 heterocycles. The first-order chi connectivity index (χ1) is 8.47. The van der Waals surface area contributed by atoms with Crippen molar-refractivity contribution >= 4 is 0 Å². The summed E-state index contributed by atoms with van der Waals surface area (Å²) < 4.78 is 1.99. The summed E-state index contributed by atoms with van der Waals surface area (Å²) in [5, 5.41) is 4.41. The molecule has 0 aliphatic heterocycles. The minimum atomic E-state index is -0.181. The predicted molar refractivity (Wildman–Crippen MR) is 75.1 cm³/mol. The molecular weight excluding hydrogens is 222 g/mol. The van der Waals surface area contributed by atoms with Gasteiger partial charge in [0.25, 0.3) is 0 Å². The maximum atomic E-state index is 6.83. The van der Waals surface area contributed by atoms with E-state index in [-0.39, 0.29) is 5.54 Å². The van der Waals surface area contributed by atoms with Crippen LogP contribution in [0.25, 0.3) is 0 Å². The molecular formula is C15H27N3. The van der Waals surface area contributed by atoms with Gasteiger partial charge in [-0.1, -0.05) is 27.2 Å². The van der Waals surface area contributed by atoms with Crippen LogP contribution in [-0.4, -0.2) is 9.78 Å². The van der Waals surface area contributed by atoms with E-state index in [0.717, 1.165) is 18.9 Å². The van der Waals surface area contributed by atoms with Crippen LogP contribution in [0.5, 0.6) is 0 Å². The monoisotopic (exact) mass is 249 g/mol. The summed E-state index contributed by atoms with van der Waals surface area (Å²) in [5.74, 6) is 1.92. The zero-order valence-electron chi connectivity index (χ0n) is 12.2. The fourth-order valence-corrected chi connectivity index (χ4v) is 3.59. The molecule has 1 aliphatic carbocycles. The van der Waals surface area contributed by atoms with Gasteiger partial charge in [0.2, 0.25) is 0 Å². The highest BCUT2D eigenvalue weighted by atomic mass is 15.3. The second kappa shape index (κ2) is 5.04. The zero-order valence-corrected chi connectivity index (χ0v) is 12.2. The number of hydrogen-bond donors (Lipinski definition) is 1. The number of rotatable bonds is 3. The average Bonchev–Trinajstić information content (AvgIpc) is 2.77. The molecule has 0 radical (unpaired) electrons. The molecule has 0 bridgehead atoms. The quantitative estimate of drug-likeness (QED) is 0.894. The van der Waals surface area contributed by atoms with Crippen LogP contribution in [-0.2, 0) is 12.1 Å². The molecule has 3 heteroatoms. The van der Waals surface area contributed by atoms with Crippen molar-refractivity contribution in [2.24, 2.45) is 23.5 Å². The fourth-order valence-electron chi connectivity index (χ4n) is 3.59. The lowest BCUT2D eigenvalue weighted by atomic mass is 9.63. The molecule has 1 aliphatic rings. The molecule has 1 fully saturated rings. The predicted octanol–water partition coefficient (Wildman–Crippen LogP) is 3.15. The lowest BCUT2D eigenvalue weighted by Gasteiger charge is -2.45. The summed E-state index contributed by atoms with van der Waals surface area (Å²) in [6.07, 6.45) is 7.77. The van der Waals surface area contributed by atoms with Crippen LogP contribution < -0.4 is 5.73 Å². The van der Waals surface area contributed by atoms with Gasteiger partial charge in [0, 0.05) is 23.8 Å². The van der Waals surface area contributed by atoms with E-state index >= 15 is 0 Å². The number of nitrogens with two attached hydrogens (primary N) is 1. The van der Waals surface area contributed by atoms with Gasteiger partial charge < -0.3 is 5.73 Å². The van der Waals surface area contributed by atoms with E-state index in [4.69, 9.17) is 5.73 Å². The van der Waals surface area contributed by atoms with Crippen molar-refractivity contribution in [1.29, 1.82) is 0 Å². The standard InChI is InChI=1S/C15H27N3/c1-5-18-10-13(9-17-18)15(16)8-12(4)6-7-14(15)11(2)3/h9-12,14H,5-8,16H2,1-4H3. The number of aryl methyl sites for hydroxylation is 1. The molecule has 3 nitrogen and oxygen atoms in total. The van der Waals surface area contributed by atoms with Crippen LogP contribution in [0.4, 0.5) is 0 Å². The van der Waals surface area contributed by atoms with Gasteiger partial charge in [-0.2, -0.15) is 5.10 Å². The third kappa shape index (κ3) is 2.33. The maximum Gasteiger partial charge on any atom is 0.0540 e. The number of nitrogens with zero attached hydrogens (tertiary/aromatic N) is 2. The van der Waals surface area contributed by atoms with Crippen LogP contribution in [0.1, 0.15) is 52.5 Å². The molecule has 2 rings (SSSR count). The third-order valence-electron chi connectivity index (χ3n) is 4.62. The van der Waals surface area contributed by atoms with Crippen LogP contribution in [0.15, 0.2) is 12.4 Å². The van der Waals surface area contributed by atoms with Crippen molar-refractivity contribution in [1.82, 2.24) is 9.78 Å². The first-order valence-electron chi connectivity index (χ1n) is 7.29. The second-order valence-electron chi connectivity index (χ2n) is 6.36. The van der Waals surface area contributed by atoms with E-state index in [0.29, 0.717) is 11.8 Å². The van der Waals surface area contributed by atoms with Gasteiger partial charge in [0.15, 0.2) is 0 Å². The Morgan fingerprint density at radius 1 is 1.50 bits per heavy atom. The molecule has 18 heavy (non-hydrogen) atoms. The van der Waals surface area contributed by atoms with Gasteiger partial charge in [-0.05, 0) is 37.5 Å². The van der Waals surface area contributed by atoms with Gasteiger partial charge in [0.05, 0.1) is 6.20 Å². The Balaban J connectivity index is 2.33. The van der Waals surface area contributed by atoms with Crippen LogP contribution in [0, 0.1) is 17.8 Å². The van der Waals surface area contributed by atoms with Crippen molar-refractivity contribution in [2.75, 3.05) is 0 Å². The smallest absolute Gasteiger partial charge is 0.0540 e. The van der Waals surface area contributed by atoms with Gasteiger partial charge in [-0.15, -0.1) is 0 Å². The summed E-state index contributed by atoms with van der Waals surface area (Å²) in [4.78, 5) is 0. The van der Waals surface area contributed by atoms with E-state index < -0.39 is 0 Å². The Labute approximate surface area is 111 Å². The van der Waals surface area contributed by atoms with Crippen LogP contribution in [0.2, 0.25) is 0 Å². The van der Waals surface area contributed by atoms with Crippen molar-refractivity contribution in [3.63, 3.8) is 0 Å². The van der Waals surface area contributed by atoms with Crippen LogP contribution >= 0.6 is 0 Å². The average molecular weight is 249 g/mol. The van der Waals surface area contributed by atoms with Crippen molar-refractivity contribution in [2.45, 2.75) is 59.0 Å². The summed E-state index contributed by atoms with van der Waals surface area (Å²) in [6.45, 7) is 9.95. The Morgan fingerprint density at radius 3 is 2.78 bits per heavy atom. The Bertz CT molecular complexity index is 396. The third-order valence-corrected chi connectivity index (χ3v) is 4.62.